The Morgan fingerprint density at radius 3 is 2.32 bits per heavy atom. The van der Waals surface area contributed by atoms with Gasteiger partial charge in [-0.25, -0.2) is 0 Å². The van der Waals surface area contributed by atoms with Crippen LogP contribution >= 0.6 is 0 Å². The van der Waals surface area contributed by atoms with Crippen molar-refractivity contribution in [1.82, 2.24) is 0 Å². The predicted octanol–water partition coefficient (Wildman–Crippen LogP) is 1.06. The first kappa shape index (κ1) is 16.5. The molecule has 3 atom stereocenters. The standard InChI is InChI=1S/C16H21NO5/c1-15(2)8-12(18)16(17,10-6-4-3-5-9(10)15)11(14(21)22)7-13(19)20/h3-6,11-12,18H,7-8,17H2,1-2H3,(H,19,20)(H,21,22)/t11-,12?,16?/m0/s1. The lowest BCUT2D eigenvalue weighted by molar-refractivity contribution is -0.154. The van der Waals surface area contributed by atoms with Gasteiger partial charge in [-0.05, 0) is 23.0 Å². The van der Waals surface area contributed by atoms with Gasteiger partial charge in [-0.2, -0.15) is 0 Å². The van der Waals surface area contributed by atoms with Crippen LogP contribution in [0.1, 0.15) is 37.8 Å². The summed E-state index contributed by atoms with van der Waals surface area (Å²) in [5.41, 5.74) is 5.69. The second kappa shape index (κ2) is 5.37. The smallest absolute Gasteiger partial charge is 0.309 e. The summed E-state index contributed by atoms with van der Waals surface area (Å²) in [5, 5.41) is 29.0. The molecule has 22 heavy (non-hydrogen) atoms. The maximum absolute atomic E-state index is 11.6. The molecule has 1 aromatic carbocycles. The van der Waals surface area contributed by atoms with Gasteiger partial charge in [0.15, 0.2) is 0 Å². The number of carboxylic acid groups (broad SMARTS) is 2. The van der Waals surface area contributed by atoms with Crippen molar-refractivity contribution in [3.8, 4) is 0 Å². The number of carboxylic acids is 2. The molecule has 120 valence electrons. The average Bonchev–Trinajstić information content (AvgIpc) is 2.42. The van der Waals surface area contributed by atoms with Gasteiger partial charge in [-0.1, -0.05) is 38.1 Å². The number of rotatable bonds is 4. The van der Waals surface area contributed by atoms with Gasteiger partial charge < -0.3 is 21.1 Å². The Morgan fingerprint density at radius 2 is 1.82 bits per heavy atom. The van der Waals surface area contributed by atoms with Crippen LogP contribution in [-0.2, 0) is 20.5 Å². The molecule has 0 fully saturated rings. The van der Waals surface area contributed by atoms with Gasteiger partial charge in [-0.15, -0.1) is 0 Å². The third kappa shape index (κ3) is 2.48. The van der Waals surface area contributed by atoms with Crippen molar-refractivity contribution in [3.63, 3.8) is 0 Å². The van der Waals surface area contributed by atoms with Crippen molar-refractivity contribution in [2.24, 2.45) is 11.7 Å². The van der Waals surface area contributed by atoms with E-state index in [1.54, 1.807) is 12.1 Å². The molecule has 2 rings (SSSR count). The van der Waals surface area contributed by atoms with Gasteiger partial charge in [0.05, 0.1) is 24.0 Å². The molecule has 0 spiro atoms. The van der Waals surface area contributed by atoms with Crippen LogP contribution in [-0.4, -0.2) is 33.4 Å². The number of hydrogen-bond donors (Lipinski definition) is 4. The number of aliphatic hydroxyl groups excluding tert-OH is 1. The van der Waals surface area contributed by atoms with Gasteiger partial charge in [0, 0.05) is 0 Å². The van der Waals surface area contributed by atoms with Crippen LogP contribution in [0.15, 0.2) is 24.3 Å². The van der Waals surface area contributed by atoms with Crippen molar-refractivity contribution < 1.29 is 24.9 Å². The van der Waals surface area contributed by atoms with Gasteiger partial charge in [0.2, 0.25) is 0 Å². The SMILES string of the molecule is CC1(C)CC(O)C(N)([C@@H](CC(=O)O)C(=O)O)c2ccccc21. The summed E-state index contributed by atoms with van der Waals surface area (Å²) in [6.07, 6.45) is -1.51. The summed E-state index contributed by atoms with van der Waals surface area (Å²) < 4.78 is 0. The van der Waals surface area contributed by atoms with Crippen molar-refractivity contribution >= 4 is 11.9 Å². The number of benzene rings is 1. The van der Waals surface area contributed by atoms with Crippen LogP contribution in [0.5, 0.6) is 0 Å². The molecule has 0 aromatic heterocycles. The zero-order valence-corrected chi connectivity index (χ0v) is 12.6. The molecular formula is C16H21NO5. The van der Waals surface area contributed by atoms with E-state index in [4.69, 9.17) is 10.8 Å². The zero-order chi connectivity index (χ0) is 16.7. The summed E-state index contributed by atoms with van der Waals surface area (Å²) in [7, 11) is 0. The molecule has 0 amide bonds. The number of carbonyl (C=O) groups is 2. The van der Waals surface area contributed by atoms with Gasteiger partial charge in [0.25, 0.3) is 0 Å². The number of aliphatic hydroxyl groups is 1. The van der Waals surface area contributed by atoms with Crippen LogP contribution in [0.4, 0.5) is 0 Å². The Kier molecular flexibility index (Phi) is 4.02. The normalized spacial score (nSPS) is 27.7. The maximum Gasteiger partial charge on any atom is 0.309 e. The highest BCUT2D eigenvalue weighted by atomic mass is 16.4. The van der Waals surface area contributed by atoms with Crippen LogP contribution in [0.3, 0.4) is 0 Å². The Balaban J connectivity index is 2.65. The molecule has 0 heterocycles. The zero-order valence-electron chi connectivity index (χ0n) is 12.6. The summed E-state index contributed by atoms with van der Waals surface area (Å²) >= 11 is 0. The van der Waals surface area contributed by atoms with E-state index in [2.05, 4.69) is 0 Å². The topological polar surface area (TPSA) is 121 Å². The second-order valence-electron chi connectivity index (χ2n) is 6.57. The highest BCUT2D eigenvalue weighted by Crippen LogP contribution is 2.47. The Bertz CT molecular complexity index is 612. The first-order chi connectivity index (χ1) is 10.1. The Labute approximate surface area is 128 Å². The molecule has 6 heteroatoms. The quantitative estimate of drug-likeness (QED) is 0.660. The highest BCUT2D eigenvalue weighted by molar-refractivity contribution is 5.80. The van der Waals surface area contributed by atoms with Gasteiger partial charge in [-0.3, -0.25) is 9.59 Å². The summed E-state index contributed by atoms with van der Waals surface area (Å²) in [4.78, 5) is 22.6. The van der Waals surface area contributed by atoms with E-state index in [9.17, 15) is 19.8 Å². The van der Waals surface area contributed by atoms with Crippen LogP contribution < -0.4 is 5.73 Å². The number of nitrogens with two attached hydrogens (primary N) is 1. The lowest BCUT2D eigenvalue weighted by Crippen LogP contribution is -2.61. The fourth-order valence-corrected chi connectivity index (χ4v) is 3.45. The van der Waals surface area contributed by atoms with E-state index >= 15 is 0 Å². The Morgan fingerprint density at radius 1 is 1.27 bits per heavy atom. The number of fused-ring (bicyclic) bond motifs is 1. The van der Waals surface area contributed by atoms with E-state index in [0.717, 1.165) is 5.56 Å². The first-order valence-electron chi connectivity index (χ1n) is 7.12. The third-order valence-electron chi connectivity index (χ3n) is 4.63. The van der Waals surface area contributed by atoms with E-state index in [1.807, 2.05) is 26.0 Å². The third-order valence-corrected chi connectivity index (χ3v) is 4.63. The van der Waals surface area contributed by atoms with Crippen molar-refractivity contribution in [3.05, 3.63) is 35.4 Å². The summed E-state index contributed by atoms with van der Waals surface area (Å²) in [6.45, 7) is 3.89. The minimum absolute atomic E-state index is 0.268. The van der Waals surface area contributed by atoms with Crippen LogP contribution in [0.2, 0.25) is 0 Å². The molecule has 5 N–H and O–H groups in total. The number of aliphatic carboxylic acids is 2. The van der Waals surface area contributed by atoms with Gasteiger partial charge in [0.1, 0.15) is 0 Å². The highest BCUT2D eigenvalue weighted by Gasteiger charge is 2.53. The maximum atomic E-state index is 11.6. The van der Waals surface area contributed by atoms with Crippen LogP contribution in [0, 0.1) is 5.92 Å². The lowest BCUT2D eigenvalue weighted by atomic mass is 9.60. The summed E-state index contributed by atoms with van der Waals surface area (Å²) in [6, 6.07) is 7.07. The van der Waals surface area contributed by atoms with Crippen molar-refractivity contribution in [1.29, 1.82) is 0 Å². The van der Waals surface area contributed by atoms with Crippen molar-refractivity contribution in [2.75, 3.05) is 0 Å². The van der Waals surface area contributed by atoms with E-state index < -0.39 is 35.9 Å². The molecular weight excluding hydrogens is 286 g/mol. The molecule has 1 aliphatic rings. The minimum Gasteiger partial charge on any atom is -0.481 e. The first-order valence-corrected chi connectivity index (χ1v) is 7.12. The monoisotopic (exact) mass is 307 g/mol. The molecule has 0 saturated carbocycles. The van der Waals surface area contributed by atoms with E-state index in [0.29, 0.717) is 5.56 Å². The number of hydrogen-bond acceptors (Lipinski definition) is 4. The molecule has 6 nitrogen and oxygen atoms in total. The van der Waals surface area contributed by atoms with Gasteiger partial charge >= 0.3 is 11.9 Å². The lowest BCUT2D eigenvalue weighted by Gasteiger charge is -2.48. The minimum atomic E-state index is -1.63. The fraction of sp³-hybridized carbons (Fsp3) is 0.500. The largest absolute Gasteiger partial charge is 0.481 e. The summed E-state index contributed by atoms with van der Waals surface area (Å²) in [5.74, 6) is -3.98. The molecule has 1 aliphatic carbocycles. The predicted molar refractivity (Wildman–Crippen MR) is 79.3 cm³/mol. The van der Waals surface area contributed by atoms with Crippen molar-refractivity contribution in [2.45, 2.75) is 43.7 Å². The van der Waals surface area contributed by atoms with E-state index in [1.165, 1.54) is 0 Å². The molecule has 0 saturated heterocycles. The van der Waals surface area contributed by atoms with Crippen LogP contribution in [0.25, 0.3) is 0 Å². The second-order valence-corrected chi connectivity index (χ2v) is 6.57. The molecule has 2 unspecified atom stereocenters. The fourth-order valence-electron chi connectivity index (χ4n) is 3.45. The molecule has 0 radical (unpaired) electrons. The molecule has 0 aliphatic heterocycles. The Hall–Kier alpha value is -1.92. The van der Waals surface area contributed by atoms with E-state index in [-0.39, 0.29) is 11.8 Å². The molecule has 0 bridgehead atoms. The average molecular weight is 307 g/mol. The molecule has 1 aromatic rings.